The third kappa shape index (κ3) is 5.66. The van der Waals surface area contributed by atoms with Crippen LogP contribution >= 0.6 is 0 Å². The largest absolute Gasteiger partial charge is 0.357 e. The normalized spacial score (nSPS) is 12.7. The highest BCUT2D eigenvalue weighted by molar-refractivity contribution is 5.43. The minimum atomic E-state index is 0.492. The van der Waals surface area contributed by atoms with Gasteiger partial charge in [0.05, 0.1) is 0 Å². The lowest BCUT2D eigenvalue weighted by Crippen LogP contribution is -2.34. The molecule has 0 fully saturated rings. The molecule has 1 heterocycles. The monoisotopic (exact) mass is 291 g/mol. The maximum Gasteiger partial charge on any atom is 0.129 e. The number of hydrogen-bond acceptors (Lipinski definition) is 3. The van der Waals surface area contributed by atoms with Crippen LogP contribution in [0.4, 0.5) is 5.82 Å². The van der Waals surface area contributed by atoms with Crippen molar-refractivity contribution < 1.29 is 0 Å². The fourth-order valence-corrected chi connectivity index (χ4v) is 2.37. The summed E-state index contributed by atoms with van der Waals surface area (Å²) in [5.74, 6) is 1.73. The second-order valence-corrected chi connectivity index (χ2v) is 6.35. The van der Waals surface area contributed by atoms with Crippen molar-refractivity contribution in [2.45, 2.75) is 66.5 Å². The van der Waals surface area contributed by atoms with Crippen LogP contribution in [0.2, 0.25) is 0 Å². The predicted molar refractivity (Wildman–Crippen MR) is 92.9 cm³/mol. The van der Waals surface area contributed by atoms with Crippen LogP contribution in [0.5, 0.6) is 0 Å². The van der Waals surface area contributed by atoms with Crippen LogP contribution in [0.1, 0.15) is 58.7 Å². The molecule has 1 unspecified atom stereocenters. The fraction of sp³-hybridized carbons (Fsp3) is 0.722. The van der Waals surface area contributed by atoms with E-state index in [-0.39, 0.29) is 0 Å². The summed E-state index contributed by atoms with van der Waals surface area (Å²) in [7, 11) is 2.16. The highest BCUT2D eigenvalue weighted by Gasteiger charge is 2.16. The van der Waals surface area contributed by atoms with E-state index in [4.69, 9.17) is 4.98 Å². The summed E-state index contributed by atoms with van der Waals surface area (Å²) in [5, 5.41) is 3.49. The molecule has 0 amide bonds. The van der Waals surface area contributed by atoms with Gasteiger partial charge in [0.25, 0.3) is 0 Å². The zero-order valence-electron chi connectivity index (χ0n) is 14.7. The van der Waals surface area contributed by atoms with Crippen molar-refractivity contribution in [2.75, 3.05) is 18.5 Å². The molecule has 0 radical (unpaired) electrons. The average molecular weight is 291 g/mol. The van der Waals surface area contributed by atoms with Crippen molar-refractivity contribution in [3.63, 3.8) is 0 Å². The molecule has 0 saturated heterocycles. The molecule has 120 valence electrons. The quantitative estimate of drug-likeness (QED) is 0.697. The van der Waals surface area contributed by atoms with Gasteiger partial charge in [0.15, 0.2) is 0 Å². The summed E-state index contributed by atoms with van der Waals surface area (Å²) in [6.45, 7) is 13.2. The summed E-state index contributed by atoms with van der Waals surface area (Å²) in [4.78, 5) is 7.17. The second-order valence-electron chi connectivity index (χ2n) is 6.35. The zero-order chi connectivity index (χ0) is 15.8. The van der Waals surface area contributed by atoms with E-state index in [1.54, 1.807) is 0 Å². The van der Waals surface area contributed by atoms with Gasteiger partial charge in [-0.15, -0.1) is 0 Å². The molecule has 1 aromatic heterocycles. The van der Waals surface area contributed by atoms with Gasteiger partial charge < -0.3 is 10.2 Å². The first-order valence-electron chi connectivity index (χ1n) is 8.42. The number of aryl methyl sites for hydroxylation is 1. The smallest absolute Gasteiger partial charge is 0.129 e. The lowest BCUT2D eigenvalue weighted by molar-refractivity contribution is 0.502. The van der Waals surface area contributed by atoms with E-state index in [9.17, 15) is 0 Å². The predicted octanol–water partition coefficient (Wildman–Crippen LogP) is 4.01. The van der Waals surface area contributed by atoms with Crippen molar-refractivity contribution in [1.29, 1.82) is 0 Å². The van der Waals surface area contributed by atoms with Crippen LogP contribution in [0, 0.1) is 5.92 Å². The van der Waals surface area contributed by atoms with Crippen molar-refractivity contribution in [3.05, 3.63) is 23.4 Å². The molecule has 1 rings (SSSR count). The molecule has 1 aromatic rings. The molecule has 0 spiro atoms. The molecule has 21 heavy (non-hydrogen) atoms. The van der Waals surface area contributed by atoms with Crippen LogP contribution in [-0.2, 0) is 13.0 Å². The Labute approximate surface area is 131 Å². The van der Waals surface area contributed by atoms with E-state index in [0.29, 0.717) is 12.0 Å². The van der Waals surface area contributed by atoms with Gasteiger partial charge in [-0.2, -0.15) is 0 Å². The molecular weight excluding hydrogens is 258 g/mol. The van der Waals surface area contributed by atoms with E-state index in [1.165, 1.54) is 17.7 Å². The Balaban J connectivity index is 2.95. The Bertz CT molecular complexity index is 415. The maximum atomic E-state index is 4.85. The standard InChI is InChI=1S/C18H33N3/c1-7-9-17-11-16(13-19-10-8-2)12-18(20-17)21(6)15(5)14(3)4/h11-12,14-15,19H,7-10,13H2,1-6H3. The van der Waals surface area contributed by atoms with Gasteiger partial charge in [-0.1, -0.05) is 34.1 Å². The highest BCUT2D eigenvalue weighted by Crippen LogP contribution is 2.20. The van der Waals surface area contributed by atoms with Gasteiger partial charge in [0.2, 0.25) is 0 Å². The Morgan fingerprint density at radius 1 is 1.14 bits per heavy atom. The number of anilines is 1. The SMILES string of the molecule is CCCNCc1cc(CCC)nc(N(C)C(C)C(C)C)c1. The third-order valence-electron chi connectivity index (χ3n) is 4.12. The summed E-state index contributed by atoms with van der Waals surface area (Å²) < 4.78 is 0. The average Bonchev–Trinajstić information content (AvgIpc) is 2.46. The number of pyridine rings is 1. The van der Waals surface area contributed by atoms with Crippen molar-refractivity contribution in [3.8, 4) is 0 Å². The first-order valence-corrected chi connectivity index (χ1v) is 8.42. The highest BCUT2D eigenvalue weighted by atomic mass is 15.2. The molecule has 3 nitrogen and oxygen atoms in total. The van der Waals surface area contributed by atoms with E-state index >= 15 is 0 Å². The van der Waals surface area contributed by atoms with Gasteiger partial charge in [0, 0.05) is 25.3 Å². The third-order valence-corrected chi connectivity index (χ3v) is 4.12. The molecule has 0 aliphatic heterocycles. The lowest BCUT2D eigenvalue weighted by Gasteiger charge is -2.29. The van der Waals surface area contributed by atoms with Crippen molar-refractivity contribution in [1.82, 2.24) is 10.3 Å². The first-order chi connectivity index (χ1) is 9.99. The van der Waals surface area contributed by atoms with Gasteiger partial charge >= 0.3 is 0 Å². The van der Waals surface area contributed by atoms with E-state index < -0.39 is 0 Å². The summed E-state index contributed by atoms with van der Waals surface area (Å²) in [6.07, 6.45) is 3.37. The zero-order valence-corrected chi connectivity index (χ0v) is 14.7. The Morgan fingerprint density at radius 2 is 1.86 bits per heavy atom. The van der Waals surface area contributed by atoms with Crippen molar-refractivity contribution >= 4 is 5.82 Å². The molecule has 0 aromatic carbocycles. The number of rotatable bonds is 9. The molecule has 1 atom stereocenters. The lowest BCUT2D eigenvalue weighted by atomic mass is 10.0. The maximum absolute atomic E-state index is 4.85. The molecule has 0 aliphatic carbocycles. The van der Waals surface area contributed by atoms with Crippen LogP contribution < -0.4 is 10.2 Å². The molecule has 1 N–H and O–H groups in total. The molecule has 0 bridgehead atoms. The molecule has 3 heteroatoms. The van der Waals surface area contributed by atoms with E-state index in [2.05, 4.69) is 64.0 Å². The number of nitrogens with zero attached hydrogens (tertiary/aromatic N) is 2. The van der Waals surface area contributed by atoms with Gasteiger partial charge in [-0.05, 0) is 49.9 Å². The molecule has 0 saturated carbocycles. The minimum absolute atomic E-state index is 0.492. The molecular formula is C18H33N3. The first kappa shape index (κ1) is 18.0. The van der Waals surface area contributed by atoms with Gasteiger partial charge in [0.1, 0.15) is 5.82 Å². The Kier molecular flexibility index (Phi) is 7.73. The fourth-order valence-electron chi connectivity index (χ4n) is 2.37. The van der Waals surface area contributed by atoms with Crippen LogP contribution in [0.25, 0.3) is 0 Å². The van der Waals surface area contributed by atoms with Crippen LogP contribution in [0.3, 0.4) is 0 Å². The number of aromatic nitrogens is 1. The van der Waals surface area contributed by atoms with Crippen LogP contribution in [-0.4, -0.2) is 24.6 Å². The van der Waals surface area contributed by atoms with Crippen LogP contribution in [0.15, 0.2) is 12.1 Å². The van der Waals surface area contributed by atoms with E-state index in [0.717, 1.165) is 31.7 Å². The second kappa shape index (κ2) is 9.04. The Hall–Kier alpha value is -1.09. The number of hydrogen-bond donors (Lipinski definition) is 1. The molecule has 0 aliphatic rings. The summed E-state index contributed by atoms with van der Waals surface area (Å²) >= 11 is 0. The number of nitrogens with one attached hydrogen (secondary N) is 1. The van der Waals surface area contributed by atoms with Crippen molar-refractivity contribution in [2.24, 2.45) is 5.92 Å². The van der Waals surface area contributed by atoms with Gasteiger partial charge in [-0.25, -0.2) is 4.98 Å². The van der Waals surface area contributed by atoms with Gasteiger partial charge in [-0.3, -0.25) is 0 Å². The summed E-state index contributed by atoms with van der Waals surface area (Å²) in [5.41, 5.74) is 2.56. The topological polar surface area (TPSA) is 28.2 Å². The Morgan fingerprint density at radius 3 is 2.43 bits per heavy atom. The summed E-state index contributed by atoms with van der Waals surface area (Å²) in [6, 6.07) is 4.98. The minimum Gasteiger partial charge on any atom is -0.357 e. The van der Waals surface area contributed by atoms with E-state index in [1.807, 2.05) is 0 Å².